The second kappa shape index (κ2) is 13.1. The van der Waals surface area contributed by atoms with E-state index >= 15 is 0 Å². The first-order chi connectivity index (χ1) is 19.3. The summed E-state index contributed by atoms with van der Waals surface area (Å²) in [6.45, 7) is 5.30. The topological polar surface area (TPSA) is 132 Å². The molecule has 3 saturated heterocycles. The summed E-state index contributed by atoms with van der Waals surface area (Å²) in [6, 6.07) is 8.38. The summed E-state index contributed by atoms with van der Waals surface area (Å²) in [7, 11) is 1.24. The number of hydrogen-bond donors (Lipinski definition) is 1. The quantitative estimate of drug-likeness (QED) is 0.214. The third-order valence-electron chi connectivity index (χ3n) is 7.03. The highest BCUT2D eigenvalue weighted by Gasteiger charge is 2.52. The van der Waals surface area contributed by atoms with Gasteiger partial charge in [0, 0.05) is 13.7 Å². The van der Waals surface area contributed by atoms with Crippen molar-refractivity contribution in [2.75, 3.05) is 13.7 Å². The summed E-state index contributed by atoms with van der Waals surface area (Å²) in [5, 5.41) is 7.97. The lowest BCUT2D eigenvalue weighted by Crippen LogP contribution is -2.61. The zero-order valence-electron chi connectivity index (χ0n) is 23.2. The van der Waals surface area contributed by atoms with Crippen molar-refractivity contribution in [3.63, 3.8) is 0 Å². The van der Waals surface area contributed by atoms with Crippen molar-refractivity contribution in [3.05, 3.63) is 35.9 Å². The first kappa shape index (κ1) is 29.8. The first-order valence-electron chi connectivity index (χ1n) is 13.2. The van der Waals surface area contributed by atoms with Crippen LogP contribution in [0.3, 0.4) is 0 Å². The molecule has 0 saturated carbocycles. The maximum atomic E-state index is 13.1. The van der Waals surface area contributed by atoms with Crippen LogP contribution >= 0.6 is 34.8 Å². The Balaban J connectivity index is 1.64. The maximum absolute atomic E-state index is 13.1. The van der Waals surface area contributed by atoms with Crippen LogP contribution in [0.2, 0.25) is 0 Å². The number of carbonyl (C=O) groups excluding carboxylic acids is 2. The summed E-state index contributed by atoms with van der Waals surface area (Å²) in [5.74, 6) is -2.88. The Morgan fingerprint density at radius 3 is 2.40 bits per heavy atom. The molecule has 0 aliphatic carbocycles. The number of nitrogens with one attached hydrogen (secondary N) is 1. The molecule has 11 atom stereocenters. The standard InChI is InChI=1S/C26H32Cl3NO10/c1-12-13(2)20(39-22(31)15-8-6-5-7-9-15)24(40-19(12)23(32)33-4)37-16-10-18(38-25(30)26(27,28)29)36-17-11-34-14(3)35-21(16)17/h5-9,12-14,16-21,24,30H,10-11H2,1-4H3/t12-,13-,14?,16+,17?,18+,19?,20?,21+,24+/m0/s1/i10T/t10?,12-,13-,14?,16+,17?,18+,19?,20?,21+,24+. The monoisotopic (exact) mass is 625 g/mol. The minimum absolute atomic E-state index is 0.0511. The number of benzene rings is 1. The number of fused-ring (bicyclic) bond motifs is 1. The molecule has 11 nitrogen and oxygen atoms in total. The van der Waals surface area contributed by atoms with Gasteiger partial charge in [0.1, 0.15) is 12.2 Å². The molecule has 0 spiro atoms. The fourth-order valence-electron chi connectivity index (χ4n) is 4.68. The van der Waals surface area contributed by atoms with Gasteiger partial charge in [-0.2, -0.15) is 0 Å². The Labute approximate surface area is 248 Å². The molecule has 1 aromatic carbocycles. The third kappa shape index (κ3) is 7.19. The normalized spacial score (nSPS) is 38.4. The van der Waals surface area contributed by atoms with Gasteiger partial charge < -0.3 is 37.9 Å². The van der Waals surface area contributed by atoms with Gasteiger partial charge in [-0.25, -0.2) is 9.59 Å². The van der Waals surface area contributed by atoms with Crippen LogP contribution in [0.1, 0.15) is 38.9 Å². The summed E-state index contributed by atoms with van der Waals surface area (Å²) in [5.41, 5.74) is 0.311. The van der Waals surface area contributed by atoms with Gasteiger partial charge in [0.05, 0.1) is 25.4 Å². The predicted octanol–water partition coefficient (Wildman–Crippen LogP) is 4.01. The molecule has 0 radical (unpaired) electrons. The van der Waals surface area contributed by atoms with Crippen LogP contribution in [0.25, 0.3) is 0 Å². The third-order valence-corrected chi connectivity index (χ3v) is 7.55. The second-order valence-corrected chi connectivity index (χ2v) is 12.0. The molecule has 0 amide bonds. The van der Waals surface area contributed by atoms with Gasteiger partial charge in [-0.3, -0.25) is 5.41 Å². The van der Waals surface area contributed by atoms with Crippen LogP contribution in [-0.2, 0) is 42.7 Å². The SMILES string of the molecule is [3H]C1[C@@H](OC(=N)C(Cl)(Cl)Cl)OC2COC(C)O[C@@H]2[C@@H]1O[C@@H]1OC(C(=O)OC)[C@@H](C)[C@H](C)C1OC(=O)c1ccccc1. The van der Waals surface area contributed by atoms with E-state index in [9.17, 15) is 9.59 Å². The predicted molar refractivity (Wildman–Crippen MR) is 142 cm³/mol. The van der Waals surface area contributed by atoms with Crippen LogP contribution < -0.4 is 0 Å². The molecule has 3 aliphatic rings. The average Bonchev–Trinajstić information content (AvgIpc) is 2.94. The van der Waals surface area contributed by atoms with Crippen LogP contribution in [0.5, 0.6) is 0 Å². The van der Waals surface area contributed by atoms with Gasteiger partial charge in [0.2, 0.25) is 12.2 Å². The van der Waals surface area contributed by atoms with Crippen molar-refractivity contribution in [1.29, 1.82) is 5.41 Å². The van der Waals surface area contributed by atoms with Gasteiger partial charge >= 0.3 is 11.9 Å². The average molecular weight is 627 g/mol. The molecular weight excluding hydrogens is 593 g/mol. The Hall–Kier alpha value is -1.70. The second-order valence-electron chi connectivity index (χ2n) is 9.68. The van der Waals surface area contributed by atoms with E-state index in [0.29, 0.717) is 5.56 Å². The van der Waals surface area contributed by atoms with Crippen molar-refractivity contribution in [1.82, 2.24) is 0 Å². The number of hydrogen-bond acceptors (Lipinski definition) is 11. The lowest BCUT2D eigenvalue weighted by molar-refractivity contribution is -0.355. The van der Waals surface area contributed by atoms with Crippen LogP contribution in [0.4, 0.5) is 0 Å². The molecule has 5 unspecified atom stereocenters. The van der Waals surface area contributed by atoms with Crippen LogP contribution in [0.15, 0.2) is 30.3 Å². The minimum Gasteiger partial charge on any atom is -0.467 e. The van der Waals surface area contributed by atoms with E-state index in [1.807, 2.05) is 0 Å². The molecule has 3 heterocycles. The molecule has 0 aromatic heterocycles. The highest BCUT2D eigenvalue weighted by molar-refractivity contribution is 6.76. The van der Waals surface area contributed by atoms with Gasteiger partial charge in [0.25, 0.3) is 3.79 Å². The van der Waals surface area contributed by atoms with Crippen molar-refractivity contribution in [2.45, 2.75) is 80.4 Å². The molecule has 3 fully saturated rings. The maximum Gasteiger partial charge on any atom is 0.338 e. The van der Waals surface area contributed by atoms with Gasteiger partial charge in [-0.15, -0.1) is 0 Å². The van der Waals surface area contributed by atoms with E-state index in [1.165, 1.54) is 7.11 Å². The molecule has 1 N–H and O–H groups in total. The lowest BCUT2D eigenvalue weighted by Gasteiger charge is -2.48. The lowest BCUT2D eigenvalue weighted by atomic mass is 9.83. The minimum atomic E-state index is -2.20. The van der Waals surface area contributed by atoms with Crippen LogP contribution in [0, 0.1) is 17.2 Å². The van der Waals surface area contributed by atoms with Gasteiger partial charge in [-0.05, 0) is 25.0 Å². The number of ether oxygens (including phenoxy) is 8. The number of rotatable bonds is 6. The van der Waals surface area contributed by atoms with Crippen molar-refractivity contribution in [2.24, 2.45) is 11.8 Å². The fourth-order valence-corrected chi connectivity index (χ4v) is 4.82. The smallest absolute Gasteiger partial charge is 0.338 e. The molecule has 1 aromatic rings. The zero-order valence-corrected chi connectivity index (χ0v) is 24.4. The Morgan fingerprint density at radius 1 is 1.05 bits per heavy atom. The first-order valence-corrected chi connectivity index (χ1v) is 13.8. The van der Waals surface area contributed by atoms with E-state index in [-0.39, 0.29) is 6.61 Å². The van der Waals surface area contributed by atoms with E-state index < -0.39 is 89.3 Å². The fraction of sp³-hybridized carbons (Fsp3) is 0.654. The zero-order chi connectivity index (χ0) is 30.1. The highest BCUT2D eigenvalue weighted by Crippen LogP contribution is 2.38. The van der Waals surface area contributed by atoms with Crippen LogP contribution in [-0.4, -0.2) is 84.7 Å². The summed E-state index contributed by atoms with van der Waals surface area (Å²) in [4.78, 5) is 25.7. The molecule has 3 aliphatic heterocycles. The summed E-state index contributed by atoms with van der Waals surface area (Å²) < 4.78 is 52.7. The molecular formula is C26H32Cl3NO10. The molecule has 0 bridgehead atoms. The number of carbonyl (C=O) groups is 2. The van der Waals surface area contributed by atoms with E-state index in [4.69, 9.17) is 79.5 Å². The van der Waals surface area contributed by atoms with Crippen molar-refractivity contribution < 1.29 is 48.9 Å². The Kier molecular flexibility index (Phi) is 9.74. The number of methoxy groups -OCH3 is 1. The number of esters is 2. The van der Waals surface area contributed by atoms with Crippen molar-refractivity contribution in [3.8, 4) is 0 Å². The molecule has 14 heteroatoms. The van der Waals surface area contributed by atoms with Gasteiger partial charge in [0.15, 0.2) is 24.8 Å². The highest BCUT2D eigenvalue weighted by atomic mass is 35.6. The van der Waals surface area contributed by atoms with E-state index in [2.05, 4.69) is 0 Å². The largest absolute Gasteiger partial charge is 0.467 e. The van der Waals surface area contributed by atoms with Gasteiger partial charge in [-0.1, -0.05) is 66.8 Å². The summed E-state index contributed by atoms with van der Waals surface area (Å²) in [6.07, 6.45) is -9.62. The molecule has 40 heavy (non-hydrogen) atoms. The Bertz CT molecular complexity index is 1100. The van der Waals surface area contributed by atoms with E-state index in [0.717, 1.165) is 0 Å². The number of halogens is 3. The Morgan fingerprint density at radius 2 is 1.75 bits per heavy atom. The van der Waals surface area contributed by atoms with E-state index in [1.54, 1.807) is 51.1 Å². The number of alkyl halides is 3. The van der Waals surface area contributed by atoms with Crippen molar-refractivity contribution >= 4 is 52.6 Å². The molecule has 222 valence electrons. The molecule has 4 rings (SSSR count). The summed E-state index contributed by atoms with van der Waals surface area (Å²) >= 11 is 17.3.